The Bertz CT molecular complexity index is 440. The second kappa shape index (κ2) is 6.52. The molecule has 21 heavy (non-hydrogen) atoms. The summed E-state index contributed by atoms with van der Waals surface area (Å²) in [7, 11) is -1.61. The van der Waals surface area contributed by atoms with Crippen LogP contribution >= 0.6 is 0 Å². The SMILES string of the molecule is CN(CC(C)(C)C)S(=O)(=O)N1CCCC(CNC2CC2)C1. The zero-order valence-corrected chi connectivity index (χ0v) is 14.7. The van der Waals surface area contributed by atoms with Crippen molar-refractivity contribution in [2.45, 2.75) is 52.5 Å². The van der Waals surface area contributed by atoms with Crippen LogP contribution in [0.25, 0.3) is 0 Å². The molecule has 2 rings (SSSR count). The predicted octanol–water partition coefficient (Wildman–Crippen LogP) is 1.67. The van der Waals surface area contributed by atoms with E-state index in [1.165, 1.54) is 17.1 Å². The van der Waals surface area contributed by atoms with Gasteiger partial charge in [0.1, 0.15) is 0 Å². The molecule has 1 atom stereocenters. The molecule has 1 saturated heterocycles. The Morgan fingerprint density at radius 2 is 1.90 bits per heavy atom. The van der Waals surface area contributed by atoms with Crippen LogP contribution in [0.1, 0.15) is 46.5 Å². The third-order valence-corrected chi connectivity index (χ3v) is 6.07. The largest absolute Gasteiger partial charge is 0.314 e. The molecule has 5 nitrogen and oxygen atoms in total. The van der Waals surface area contributed by atoms with Gasteiger partial charge in [-0.2, -0.15) is 17.0 Å². The number of nitrogens with zero attached hydrogens (tertiary/aromatic N) is 2. The highest BCUT2D eigenvalue weighted by Crippen LogP contribution is 2.24. The Labute approximate surface area is 130 Å². The second-order valence-electron chi connectivity index (χ2n) is 7.87. The molecule has 0 aromatic heterocycles. The van der Waals surface area contributed by atoms with Crippen molar-refractivity contribution in [2.75, 3.05) is 33.2 Å². The van der Waals surface area contributed by atoms with Crippen LogP contribution in [0.5, 0.6) is 0 Å². The van der Waals surface area contributed by atoms with Crippen LogP contribution in [0.2, 0.25) is 0 Å². The van der Waals surface area contributed by atoms with Crippen LogP contribution in [0.4, 0.5) is 0 Å². The Balaban J connectivity index is 1.91. The quantitative estimate of drug-likeness (QED) is 0.811. The molecule has 6 heteroatoms. The number of nitrogens with one attached hydrogen (secondary N) is 1. The van der Waals surface area contributed by atoms with Crippen LogP contribution in [-0.2, 0) is 10.2 Å². The number of hydrogen-bond donors (Lipinski definition) is 1. The molecular formula is C15H31N3O2S. The third kappa shape index (κ3) is 5.20. The minimum Gasteiger partial charge on any atom is -0.314 e. The molecule has 1 N–H and O–H groups in total. The lowest BCUT2D eigenvalue weighted by Crippen LogP contribution is -2.49. The molecule has 0 spiro atoms. The fourth-order valence-electron chi connectivity index (χ4n) is 2.97. The molecule has 1 saturated carbocycles. The highest BCUT2D eigenvalue weighted by molar-refractivity contribution is 7.86. The Morgan fingerprint density at radius 3 is 2.48 bits per heavy atom. The maximum absolute atomic E-state index is 12.7. The van der Waals surface area contributed by atoms with E-state index in [9.17, 15) is 8.42 Å². The minimum atomic E-state index is -3.31. The van der Waals surface area contributed by atoms with E-state index in [-0.39, 0.29) is 5.41 Å². The van der Waals surface area contributed by atoms with E-state index in [2.05, 4.69) is 26.1 Å². The van der Waals surface area contributed by atoms with Crippen molar-refractivity contribution in [3.8, 4) is 0 Å². The van der Waals surface area contributed by atoms with Gasteiger partial charge < -0.3 is 5.32 Å². The molecule has 2 fully saturated rings. The summed E-state index contributed by atoms with van der Waals surface area (Å²) in [5, 5.41) is 3.53. The molecule has 1 heterocycles. The summed E-state index contributed by atoms with van der Waals surface area (Å²) >= 11 is 0. The summed E-state index contributed by atoms with van der Waals surface area (Å²) in [6.07, 6.45) is 4.67. The van der Waals surface area contributed by atoms with Crippen molar-refractivity contribution in [3.05, 3.63) is 0 Å². The highest BCUT2D eigenvalue weighted by Gasteiger charge is 2.33. The first-order valence-corrected chi connectivity index (χ1v) is 9.53. The average molecular weight is 317 g/mol. The predicted molar refractivity (Wildman–Crippen MR) is 86.3 cm³/mol. The van der Waals surface area contributed by atoms with Gasteiger partial charge in [-0.15, -0.1) is 0 Å². The molecule has 0 bridgehead atoms. The van der Waals surface area contributed by atoms with Crippen LogP contribution in [0.3, 0.4) is 0 Å². The average Bonchev–Trinajstić information content (AvgIpc) is 3.18. The van der Waals surface area contributed by atoms with E-state index in [4.69, 9.17) is 0 Å². The summed E-state index contributed by atoms with van der Waals surface area (Å²) < 4.78 is 28.6. The van der Waals surface area contributed by atoms with Crippen molar-refractivity contribution < 1.29 is 8.42 Å². The molecule has 0 radical (unpaired) electrons. The first kappa shape index (κ1) is 17.2. The first-order valence-electron chi connectivity index (χ1n) is 8.13. The molecule has 0 aromatic carbocycles. The van der Waals surface area contributed by atoms with Gasteiger partial charge in [0.2, 0.25) is 0 Å². The van der Waals surface area contributed by atoms with Gasteiger partial charge in [0.15, 0.2) is 0 Å². The fourth-order valence-corrected chi connectivity index (χ4v) is 4.67. The van der Waals surface area contributed by atoms with E-state index in [1.54, 1.807) is 11.4 Å². The van der Waals surface area contributed by atoms with Crippen LogP contribution in [0.15, 0.2) is 0 Å². The van der Waals surface area contributed by atoms with Gasteiger partial charge in [-0.25, -0.2) is 0 Å². The summed E-state index contributed by atoms with van der Waals surface area (Å²) in [5.41, 5.74) is -0.0233. The van der Waals surface area contributed by atoms with Gasteiger partial charge >= 0.3 is 0 Å². The van der Waals surface area contributed by atoms with E-state index in [0.29, 0.717) is 31.6 Å². The third-order valence-electron chi connectivity index (χ3n) is 4.17. The molecule has 1 aliphatic carbocycles. The maximum atomic E-state index is 12.7. The lowest BCUT2D eigenvalue weighted by molar-refractivity contribution is 0.233. The van der Waals surface area contributed by atoms with Gasteiger partial charge in [0, 0.05) is 32.7 Å². The van der Waals surface area contributed by atoms with Crippen molar-refractivity contribution in [3.63, 3.8) is 0 Å². The maximum Gasteiger partial charge on any atom is 0.281 e. The lowest BCUT2D eigenvalue weighted by Gasteiger charge is -2.36. The van der Waals surface area contributed by atoms with Gasteiger partial charge in [-0.1, -0.05) is 20.8 Å². The number of rotatable bonds is 6. The molecule has 1 unspecified atom stereocenters. The number of piperidine rings is 1. The van der Waals surface area contributed by atoms with Crippen LogP contribution in [-0.4, -0.2) is 56.3 Å². The van der Waals surface area contributed by atoms with Crippen molar-refractivity contribution in [1.29, 1.82) is 0 Å². The normalized spacial score (nSPS) is 25.5. The van der Waals surface area contributed by atoms with Gasteiger partial charge in [-0.05, 0) is 43.6 Å². The second-order valence-corrected chi connectivity index (χ2v) is 9.91. The van der Waals surface area contributed by atoms with E-state index in [0.717, 1.165) is 19.4 Å². The smallest absolute Gasteiger partial charge is 0.281 e. The zero-order chi connectivity index (χ0) is 15.7. The molecule has 0 amide bonds. The Morgan fingerprint density at radius 1 is 1.24 bits per heavy atom. The van der Waals surface area contributed by atoms with Crippen LogP contribution < -0.4 is 5.32 Å². The van der Waals surface area contributed by atoms with E-state index < -0.39 is 10.2 Å². The highest BCUT2D eigenvalue weighted by atomic mass is 32.2. The molecule has 2 aliphatic rings. The molecule has 124 valence electrons. The van der Waals surface area contributed by atoms with Crippen molar-refractivity contribution >= 4 is 10.2 Å². The van der Waals surface area contributed by atoms with Gasteiger partial charge in [0.25, 0.3) is 10.2 Å². The summed E-state index contributed by atoms with van der Waals surface area (Å²) in [6.45, 7) is 9.04. The number of hydrogen-bond acceptors (Lipinski definition) is 3. The lowest BCUT2D eigenvalue weighted by atomic mass is 9.97. The molecule has 0 aromatic rings. The van der Waals surface area contributed by atoms with Gasteiger partial charge in [0.05, 0.1) is 0 Å². The van der Waals surface area contributed by atoms with Gasteiger partial charge in [-0.3, -0.25) is 0 Å². The summed E-state index contributed by atoms with van der Waals surface area (Å²) in [6, 6.07) is 0.695. The Kier molecular flexibility index (Phi) is 5.34. The summed E-state index contributed by atoms with van der Waals surface area (Å²) in [5.74, 6) is 0.456. The van der Waals surface area contributed by atoms with E-state index in [1.807, 2.05) is 0 Å². The monoisotopic (exact) mass is 317 g/mol. The first-order chi connectivity index (χ1) is 9.68. The zero-order valence-electron chi connectivity index (χ0n) is 13.9. The minimum absolute atomic E-state index is 0.0233. The van der Waals surface area contributed by atoms with E-state index >= 15 is 0 Å². The van der Waals surface area contributed by atoms with Crippen LogP contribution in [0, 0.1) is 11.3 Å². The van der Waals surface area contributed by atoms with Crippen molar-refractivity contribution in [2.24, 2.45) is 11.3 Å². The standard InChI is InChI=1S/C15H31N3O2S/c1-15(2,3)12-17(4)21(19,20)18-9-5-6-13(11-18)10-16-14-7-8-14/h13-14,16H,5-12H2,1-4H3. The van der Waals surface area contributed by atoms with Crippen molar-refractivity contribution in [1.82, 2.24) is 13.9 Å². The summed E-state index contributed by atoms with van der Waals surface area (Å²) in [4.78, 5) is 0. The molecular weight excluding hydrogens is 286 g/mol. The topological polar surface area (TPSA) is 52.7 Å². The Hall–Kier alpha value is -0.170. The molecule has 1 aliphatic heterocycles. The fraction of sp³-hybridized carbons (Fsp3) is 1.00.